The van der Waals surface area contributed by atoms with Crippen molar-refractivity contribution < 1.29 is 4.79 Å². The van der Waals surface area contributed by atoms with Crippen molar-refractivity contribution in [1.29, 1.82) is 10.7 Å². The highest BCUT2D eigenvalue weighted by molar-refractivity contribution is 7.99. The Hall–Kier alpha value is -2.39. The zero-order valence-electron chi connectivity index (χ0n) is 12.2. The number of allylic oxidation sites excluding steroid dienone is 1. The van der Waals surface area contributed by atoms with Crippen molar-refractivity contribution in [3.8, 4) is 6.07 Å². The molecule has 2 rings (SSSR count). The Labute approximate surface area is 133 Å². The second kappa shape index (κ2) is 7.05. The number of hydrogen-bond acceptors (Lipinski definition) is 5. The Kier molecular flexibility index (Phi) is 5.12. The molecule has 1 aromatic heterocycles. The first-order chi connectivity index (χ1) is 10.6. The predicted molar refractivity (Wildman–Crippen MR) is 88.2 cm³/mol. The van der Waals surface area contributed by atoms with E-state index in [0.717, 1.165) is 11.0 Å². The summed E-state index contributed by atoms with van der Waals surface area (Å²) in [5.74, 6) is -1.11. The zero-order chi connectivity index (χ0) is 16.1. The molecule has 0 aliphatic carbocycles. The fourth-order valence-electron chi connectivity index (χ4n) is 2.10. The highest BCUT2D eigenvalue weighted by atomic mass is 32.2. The molecule has 1 N–H and O–H groups in total. The number of Topliss-reactive ketones (excluding diaryl/α,β-unsaturated/α-hetero) is 1. The topological polar surface area (TPSA) is 82.5 Å². The van der Waals surface area contributed by atoms with Crippen molar-refractivity contribution >= 4 is 34.3 Å². The van der Waals surface area contributed by atoms with Gasteiger partial charge in [0.15, 0.2) is 10.9 Å². The van der Waals surface area contributed by atoms with Gasteiger partial charge in [0.1, 0.15) is 5.92 Å². The van der Waals surface area contributed by atoms with Crippen LogP contribution in [0.15, 0.2) is 42.1 Å². The molecule has 22 heavy (non-hydrogen) atoms. The molecule has 6 heteroatoms. The molecule has 112 valence electrons. The lowest BCUT2D eigenvalue weighted by Gasteiger charge is -2.07. The van der Waals surface area contributed by atoms with Crippen LogP contribution in [0.5, 0.6) is 0 Å². The van der Waals surface area contributed by atoms with Crippen LogP contribution < -0.4 is 0 Å². The number of benzene rings is 1. The van der Waals surface area contributed by atoms with E-state index in [0.29, 0.717) is 11.7 Å². The van der Waals surface area contributed by atoms with Gasteiger partial charge in [-0.05, 0) is 19.1 Å². The van der Waals surface area contributed by atoms with Crippen LogP contribution in [0.25, 0.3) is 11.0 Å². The fraction of sp³-hybridized carbons (Fsp3) is 0.250. The van der Waals surface area contributed by atoms with Crippen LogP contribution in [0, 0.1) is 22.7 Å². The average Bonchev–Trinajstić information content (AvgIpc) is 2.84. The maximum atomic E-state index is 12.0. The number of carbonyl (C=O) groups excluding carboxylic acids is 1. The first kappa shape index (κ1) is 16.0. The minimum absolute atomic E-state index is 0.0766. The SMILES string of the molecule is C=CCn1c(SCC(=O)C(C#N)C(C)=N)nc2ccccc21. The van der Waals surface area contributed by atoms with Gasteiger partial charge in [-0.25, -0.2) is 4.98 Å². The molecule has 2 aromatic rings. The van der Waals surface area contributed by atoms with Gasteiger partial charge < -0.3 is 9.98 Å². The van der Waals surface area contributed by atoms with Gasteiger partial charge >= 0.3 is 0 Å². The number of nitrogens with one attached hydrogen (secondary N) is 1. The number of rotatable bonds is 7. The van der Waals surface area contributed by atoms with E-state index in [9.17, 15) is 4.79 Å². The van der Waals surface area contributed by atoms with Gasteiger partial charge in [-0.2, -0.15) is 5.26 Å². The lowest BCUT2D eigenvalue weighted by molar-refractivity contribution is -0.117. The van der Waals surface area contributed by atoms with Crippen LogP contribution in [0.2, 0.25) is 0 Å². The van der Waals surface area contributed by atoms with Crippen molar-refractivity contribution in [3.05, 3.63) is 36.9 Å². The van der Waals surface area contributed by atoms with Gasteiger partial charge in [-0.3, -0.25) is 4.79 Å². The standard InChI is InChI=1S/C16H16N4OS/c1-3-8-20-14-7-5-4-6-13(14)19-16(20)22-10-15(21)12(9-17)11(2)18/h3-7,12,18H,1,8,10H2,2H3. The summed E-state index contributed by atoms with van der Waals surface area (Å²) >= 11 is 1.29. The lowest BCUT2D eigenvalue weighted by Crippen LogP contribution is -2.21. The third kappa shape index (κ3) is 3.26. The molecule has 0 bridgehead atoms. The molecule has 0 fully saturated rings. The van der Waals surface area contributed by atoms with Crippen LogP contribution in [-0.2, 0) is 11.3 Å². The number of para-hydroxylation sites is 2. The third-order valence-electron chi connectivity index (χ3n) is 3.16. The van der Waals surface area contributed by atoms with Gasteiger partial charge in [0.2, 0.25) is 0 Å². The number of thioether (sulfide) groups is 1. The highest BCUT2D eigenvalue weighted by Gasteiger charge is 2.21. The Morgan fingerprint density at radius 1 is 1.59 bits per heavy atom. The summed E-state index contributed by atoms with van der Waals surface area (Å²) < 4.78 is 1.99. The Balaban J connectivity index is 2.23. The Bertz CT molecular complexity index is 772. The van der Waals surface area contributed by atoms with Crippen molar-refractivity contribution in [1.82, 2.24) is 9.55 Å². The number of fused-ring (bicyclic) bond motifs is 1. The summed E-state index contributed by atoms with van der Waals surface area (Å²) in [6.45, 7) is 5.82. The summed E-state index contributed by atoms with van der Waals surface area (Å²) in [4.78, 5) is 16.6. The lowest BCUT2D eigenvalue weighted by atomic mass is 10.0. The van der Waals surface area contributed by atoms with Gasteiger partial charge in [0, 0.05) is 12.3 Å². The van der Waals surface area contributed by atoms with E-state index in [1.165, 1.54) is 18.7 Å². The predicted octanol–water partition coefficient (Wildman–Crippen LogP) is 3.06. The first-order valence-electron chi connectivity index (χ1n) is 6.74. The number of nitriles is 1. The van der Waals surface area contributed by atoms with Crippen LogP contribution in [0.4, 0.5) is 0 Å². The van der Waals surface area contributed by atoms with Crippen molar-refractivity contribution in [2.45, 2.75) is 18.6 Å². The minimum Gasteiger partial charge on any atom is -0.315 e. The van der Waals surface area contributed by atoms with E-state index in [-0.39, 0.29) is 17.2 Å². The second-order valence-electron chi connectivity index (χ2n) is 4.78. The maximum absolute atomic E-state index is 12.0. The number of aromatic nitrogens is 2. The molecule has 0 spiro atoms. The van der Waals surface area contributed by atoms with Crippen molar-refractivity contribution in [2.75, 3.05) is 5.75 Å². The second-order valence-corrected chi connectivity index (χ2v) is 5.72. The molecule has 0 radical (unpaired) electrons. The first-order valence-corrected chi connectivity index (χ1v) is 7.73. The number of nitrogens with zero attached hydrogens (tertiary/aromatic N) is 3. The molecule has 0 aliphatic heterocycles. The Morgan fingerprint density at radius 2 is 2.32 bits per heavy atom. The number of hydrogen-bond donors (Lipinski definition) is 1. The quantitative estimate of drug-likeness (QED) is 0.484. The number of ketones is 1. The summed E-state index contributed by atoms with van der Waals surface area (Å²) in [5.41, 5.74) is 1.92. The molecule has 0 saturated heterocycles. The molecule has 1 heterocycles. The molecular weight excluding hydrogens is 296 g/mol. The fourth-order valence-corrected chi connectivity index (χ4v) is 3.03. The van der Waals surface area contributed by atoms with Crippen LogP contribution in [-0.4, -0.2) is 26.8 Å². The van der Waals surface area contributed by atoms with Gasteiger partial charge in [-0.15, -0.1) is 6.58 Å². The van der Waals surface area contributed by atoms with E-state index in [2.05, 4.69) is 11.6 Å². The minimum atomic E-state index is -0.968. The Morgan fingerprint density at radius 3 is 2.95 bits per heavy atom. The van der Waals surface area contributed by atoms with E-state index in [1.807, 2.05) is 34.9 Å². The molecule has 0 saturated carbocycles. The van der Waals surface area contributed by atoms with Gasteiger partial charge in [0.25, 0.3) is 0 Å². The van der Waals surface area contributed by atoms with Crippen LogP contribution in [0.1, 0.15) is 6.92 Å². The zero-order valence-corrected chi connectivity index (χ0v) is 13.1. The normalized spacial score (nSPS) is 11.8. The molecule has 5 nitrogen and oxygen atoms in total. The smallest absolute Gasteiger partial charge is 0.169 e. The average molecular weight is 312 g/mol. The van der Waals surface area contributed by atoms with Gasteiger partial charge in [0.05, 0.1) is 22.9 Å². The summed E-state index contributed by atoms with van der Waals surface area (Å²) in [5, 5.41) is 17.2. The number of carbonyl (C=O) groups is 1. The molecule has 1 aromatic carbocycles. The van der Waals surface area contributed by atoms with E-state index >= 15 is 0 Å². The molecule has 0 amide bonds. The van der Waals surface area contributed by atoms with E-state index in [4.69, 9.17) is 10.7 Å². The highest BCUT2D eigenvalue weighted by Crippen LogP contribution is 2.24. The summed E-state index contributed by atoms with van der Waals surface area (Å²) in [7, 11) is 0. The molecule has 1 atom stereocenters. The van der Waals surface area contributed by atoms with Crippen LogP contribution >= 0.6 is 11.8 Å². The third-order valence-corrected chi connectivity index (χ3v) is 4.16. The summed E-state index contributed by atoms with van der Waals surface area (Å²) in [6.07, 6.45) is 1.78. The number of imidazole rings is 1. The largest absolute Gasteiger partial charge is 0.315 e. The van der Waals surface area contributed by atoms with E-state index in [1.54, 1.807) is 6.08 Å². The van der Waals surface area contributed by atoms with Crippen molar-refractivity contribution in [2.24, 2.45) is 5.92 Å². The molecule has 0 aliphatic rings. The van der Waals surface area contributed by atoms with E-state index < -0.39 is 5.92 Å². The molecule has 1 unspecified atom stereocenters. The maximum Gasteiger partial charge on any atom is 0.169 e. The van der Waals surface area contributed by atoms with Crippen LogP contribution in [0.3, 0.4) is 0 Å². The van der Waals surface area contributed by atoms with Gasteiger partial charge in [-0.1, -0.05) is 30.0 Å². The van der Waals surface area contributed by atoms with Crippen molar-refractivity contribution in [3.63, 3.8) is 0 Å². The monoisotopic (exact) mass is 312 g/mol. The molecular formula is C16H16N4OS. The summed E-state index contributed by atoms with van der Waals surface area (Å²) in [6, 6.07) is 9.61.